The lowest BCUT2D eigenvalue weighted by Gasteiger charge is -2.33. The second kappa shape index (κ2) is 6.03. The lowest BCUT2D eigenvalue weighted by atomic mass is 10.0. The molecule has 0 radical (unpaired) electrons. The quantitative estimate of drug-likeness (QED) is 0.728. The largest absolute Gasteiger partial charge is 0.337 e. The summed E-state index contributed by atoms with van der Waals surface area (Å²) in [5.74, 6) is -0.284. The van der Waals surface area contributed by atoms with Crippen LogP contribution in [0.4, 0.5) is 4.39 Å². The molecule has 0 bridgehead atoms. The van der Waals surface area contributed by atoms with Crippen LogP contribution in [0.2, 0.25) is 0 Å². The van der Waals surface area contributed by atoms with Gasteiger partial charge in [0.1, 0.15) is 5.82 Å². The summed E-state index contributed by atoms with van der Waals surface area (Å²) in [6, 6.07) is 8.34. The van der Waals surface area contributed by atoms with Crippen LogP contribution in [0.25, 0.3) is 11.0 Å². The van der Waals surface area contributed by atoms with Crippen LogP contribution in [0.5, 0.6) is 0 Å². The fourth-order valence-corrected chi connectivity index (χ4v) is 3.33. The van der Waals surface area contributed by atoms with Gasteiger partial charge in [0, 0.05) is 31.5 Å². The molecule has 0 N–H and O–H groups in total. The maximum absolute atomic E-state index is 13.3. The zero-order valence-corrected chi connectivity index (χ0v) is 13.1. The van der Waals surface area contributed by atoms with Crippen LogP contribution >= 0.6 is 0 Å². The molecule has 5 nitrogen and oxygen atoms in total. The van der Waals surface area contributed by atoms with Gasteiger partial charge in [0.2, 0.25) is 0 Å². The number of pyridine rings is 1. The third kappa shape index (κ3) is 2.64. The van der Waals surface area contributed by atoms with Crippen molar-refractivity contribution in [2.24, 2.45) is 0 Å². The van der Waals surface area contributed by atoms with Gasteiger partial charge in [-0.05, 0) is 37.1 Å². The molecule has 1 aliphatic heterocycles. The number of aromatic nitrogens is 3. The Morgan fingerprint density at radius 1 is 1.29 bits per heavy atom. The van der Waals surface area contributed by atoms with Gasteiger partial charge in [0.05, 0.1) is 29.0 Å². The molecular weight excluding hydrogens is 307 g/mol. The average molecular weight is 324 g/mol. The van der Waals surface area contributed by atoms with Crippen molar-refractivity contribution < 1.29 is 9.18 Å². The molecule has 6 heteroatoms. The number of carbonyl (C=O) groups excluding carboxylic acids is 1. The summed E-state index contributed by atoms with van der Waals surface area (Å²) in [6.45, 7) is 1.36. The summed E-state index contributed by atoms with van der Waals surface area (Å²) in [5.41, 5.74) is 2.15. The normalized spacial score (nSPS) is 18.0. The number of imidazole rings is 1. The number of nitrogens with zero attached hydrogens (tertiary/aromatic N) is 4. The van der Waals surface area contributed by atoms with E-state index < -0.39 is 0 Å². The van der Waals surface area contributed by atoms with Gasteiger partial charge in [0.25, 0.3) is 5.91 Å². The number of rotatable bonds is 2. The van der Waals surface area contributed by atoms with E-state index in [1.54, 1.807) is 36.9 Å². The molecule has 2 aromatic heterocycles. The standard InChI is InChI=1S/C18H17FN4O/c19-14-5-6-17-16(9-14)21-12-23(17)15-4-2-8-22(11-15)18(24)13-3-1-7-20-10-13/h1,3,5-7,9-10,12,15H,2,4,8,11H2/t15-/m1/s1. The molecule has 1 aromatic carbocycles. The van der Waals surface area contributed by atoms with Crippen LogP contribution in [0.3, 0.4) is 0 Å². The molecule has 1 saturated heterocycles. The summed E-state index contributed by atoms with van der Waals surface area (Å²) in [7, 11) is 0. The van der Waals surface area contributed by atoms with E-state index in [-0.39, 0.29) is 17.8 Å². The number of carbonyl (C=O) groups is 1. The van der Waals surface area contributed by atoms with Gasteiger partial charge in [-0.2, -0.15) is 0 Å². The van der Waals surface area contributed by atoms with Crippen molar-refractivity contribution in [1.82, 2.24) is 19.4 Å². The van der Waals surface area contributed by atoms with Gasteiger partial charge >= 0.3 is 0 Å². The number of amides is 1. The third-order valence-electron chi connectivity index (χ3n) is 4.52. The van der Waals surface area contributed by atoms with E-state index >= 15 is 0 Å². The monoisotopic (exact) mass is 324 g/mol. The summed E-state index contributed by atoms with van der Waals surface area (Å²) in [5, 5.41) is 0. The molecule has 4 rings (SSSR count). The number of hydrogen-bond acceptors (Lipinski definition) is 3. The first-order valence-electron chi connectivity index (χ1n) is 8.04. The molecule has 0 spiro atoms. The van der Waals surface area contributed by atoms with Gasteiger partial charge < -0.3 is 9.47 Å². The highest BCUT2D eigenvalue weighted by Crippen LogP contribution is 2.26. The van der Waals surface area contributed by atoms with E-state index in [2.05, 4.69) is 14.5 Å². The summed E-state index contributed by atoms with van der Waals surface area (Å²) < 4.78 is 15.4. The predicted molar refractivity (Wildman–Crippen MR) is 88.1 cm³/mol. The number of piperidine rings is 1. The first kappa shape index (κ1) is 14.8. The molecule has 1 aliphatic rings. The summed E-state index contributed by atoms with van der Waals surface area (Å²) in [4.78, 5) is 22.8. The van der Waals surface area contributed by atoms with Crippen molar-refractivity contribution in [2.45, 2.75) is 18.9 Å². The van der Waals surface area contributed by atoms with Gasteiger partial charge in [0.15, 0.2) is 0 Å². The summed E-state index contributed by atoms with van der Waals surface area (Å²) >= 11 is 0. The zero-order chi connectivity index (χ0) is 16.5. The molecular formula is C18H17FN4O. The Bertz CT molecular complexity index is 877. The van der Waals surface area contributed by atoms with Crippen LogP contribution in [-0.2, 0) is 0 Å². The molecule has 1 fully saturated rings. The fourth-order valence-electron chi connectivity index (χ4n) is 3.33. The van der Waals surface area contributed by atoms with Crippen LogP contribution < -0.4 is 0 Å². The van der Waals surface area contributed by atoms with Gasteiger partial charge in [-0.3, -0.25) is 9.78 Å². The Morgan fingerprint density at radius 2 is 2.21 bits per heavy atom. The van der Waals surface area contributed by atoms with E-state index in [0.29, 0.717) is 17.6 Å². The highest BCUT2D eigenvalue weighted by Gasteiger charge is 2.26. The molecule has 3 aromatic rings. The van der Waals surface area contributed by atoms with Crippen molar-refractivity contribution in [1.29, 1.82) is 0 Å². The van der Waals surface area contributed by atoms with Crippen LogP contribution in [0.15, 0.2) is 49.1 Å². The van der Waals surface area contributed by atoms with Crippen molar-refractivity contribution in [3.05, 3.63) is 60.4 Å². The maximum Gasteiger partial charge on any atom is 0.255 e. The van der Waals surface area contributed by atoms with Gasteiger partial charge in [-0.15, -0.1) is 0 Å². The molecule has 24 heavy (non-hydrogen) atoms. The Balaban J connectivity index is 1.59. The number of fused-ring (bicyclic) bond motifs is 1. The van der Waals surface area contributed by atoms with Gasteiger partial charge in [-0.1, -0.05) is 0 Å². The molecule has 0 aliphatic carbocycles. The number of likely N-dealkylation sites (tertiary alicyclic amines) is 1. The van der Waals surface area contributed by atoms with E-state index in [1.165, 1.54) is 12.1 Å². The summed E-state index contributed by atoms with van der Waals surface area (Å²) in [6.07, 6.45) is 6.90. The third-order valence-corrected chi connectivity index (χ3v) is 4.52. The molecule has 122 valence electrons. The maximum atomic E-state index is 13.3. The molecule has 3 heterocycles. The lowest BCUT2D eigenvalue weighted by Crippen LogP contribution is -2.40. The molecule has 1 atom stereocenters. The van der Waals surface area contributed by atoms with Crippen molar-refractivity contribution >= 4 is 16.9 Å². The Kier molecular flexibility index (Phi) is 3.72. The SMILES string of the molecule is O=C(c1cccnc1)N1CCC[C@@H](n2cnc3cc(F)ccc32)C1. The Labute approximate surface area is 138 Å². The molecule has 1 amide bonds. The minimum absolute atomic E-state index is 0.00302. The highest BCUT2D eigenvalue weighted by atomic mass is 19.1. The fraction of sp³-hybridized carbons (Fsp3) is 0.278. The minimum atomic E-state index is -0.287. The Hall–Kier alpha value is -2.76. The Morgan fingerprint density at radius 3 is 3.04 bits per heavy atom. The predicted octanol–water partition coefficient (Wildman–Crippen LogP) is 3.05. The van der Waals surface area contributed by atoms with Crippen LogP contribution in [0, 0.1) is 5.82 Å². The number of hydrogen-bond donors (Lipinski definition) is 0. The highest BCUT2D eigenvalue weighted by molar-refractivity contribution is 5.94. The number of benzene rings is 1. The lowest BCUT2D eigenvalue weighted by molar-refractivity contribution is 0.0681. The van der Waals surface area contributed by atoms with Crippen LogP contribution in [-0.4, -0.2) is 38.4 Å². The van der Waals surface area contributed by atoms with Crippen molar-refractivity contribution in [3.8, 4) is 0 Å². The van der Waals surface area contributed by atoms with Crippen molar-refractivity contribution in [2.75, 3.05) is 13.1 Å². The molecule has 0 saturated carbocycles. The van der Waals surface area contributed by atoms with E-state index in [9.17, 15) is 9.18 Å². The second-order valence-electron chi connectivity index (χ2n) is 6.07. The van der Waals surface area contributed by atoms with E-state index in [4.69, 9.17) is 0 Å². The van der Waals surface area contributed by atoms with Crippen LogP contribution in [0.1, 0.15) is 29.2 Å². The average Bonchev–Trinajstić information content (AvgIpc) is 3.05. The van der Waals surface area contributed by atoms with E-state index in [1.807, 2.05) is 4.90 Å². The first-order chi connectivity index (χ1) is 11.7. The second-order valence-corrected chi connectivity index (χ2v) is 6.07. The smallest absolute Gasteiger partial charge is 0.255 e. The first-order valence-corrected chi connectivity index (χ1v) is 8.04. The topological polar surface area (TPSA) is 51.0 Å². The number of halogens is 1. The molecule has 0 unspecified atom stereocenters. The zero-order valence-electron chi connectivity index (χ0n) is 13.1. The minimum Gasteiger partial charge on any atom is -0.337 e. The van der Waals surface area contributed by atoms with Gasteiger partial charge in [-0.25, -0.2) is 9.37 Å². The van der Waals surface area contributed by atoms with E-state index in [0.717, 1.165) is 24.9 Å². The van der Waals surface area contributed by atoms with Crippen molar-refractivity contribution in [3.63, 3.8) is 0 Å².